The maximum absolute atomic E-state index is 11.5. The van der Waals surface area contributed by atoms with E-state index in [2.05, 4.69) is 10.2 Å². The van der Waals surface area contributed by atoms with Gasteiger partial charge in [-0.15, -0.1) is 0 Å². The predicted octanol–water partition coefficient (Wildman–Crippen LogP) is 1.45. The molecule has 2 fully saturated rings. The summed E-state index contributed by atoms with van der Waals surface area (Å²) in [6.45, 7) is 3.63. The van der Waals surface area contributed by atoms with Crippen molar-refractivity contribution in [3.05, 3.63) is 28.3 Å². The third kappa shape index (κ3) is 2.60. The second-order valence-corrected chi connectivity index (χ2v) is 5.98. The molecule has 0 aromatic carbocycles. The summed E-state index contributed by atoms with van der Waals surface area (Å²) >= 11 is 0. The Kier molecular flexibility index (Phi) is 3.81. The van der Waals surface area contributed by atoms with Crippen molar-refractivity contribution in [2.75, 3.05) is 19.6 Å². The van der Waals surface area contributed by atoms with Crippen LogP contribution in [0, 0.1) is 0 Å². The lowest BCUT2D eigenvalue weighted by Crippen LogP contribution is -2.61. The summed E-state index contributed by atoms with van der Waals surface area (Å²) in [7, 11) is 0. The molecule has 20 heavy (non-hydrogen) atoms. The molecule has 5 heteroatoms. The van der Waals surface area contributed by atoms with Gasteiger partial charge in [-0.05, 0) is 12.8 Å². The van der Waals surface area contributed by atoms with Crippen LogP contribution in [0.2, 0.25) is 0 Å². The molecule has 2 heterocycles. The van der Waals surface area contributed by atoms with Crippen molar-refractivity contribution in [2.45, 2.75) is 44.2 Å². The van der Waals surface area contributed by atoms with E-state index in [1.165, 1.54) is 38.2 Å². The zero-order valence-electron chi connectivity index (χ0n) is 11.7. The molecule has 110 valence electrons. The maximum atomic E-state index is 11.5. The van der Waals surface area contributed by atoms with E-state index in [9.17, 15) is 9.90 Å². The zero-order valence-corrected chi connectivity index (χ0v) is 11.7. The van der Waals surface area contributed by atoms with Gasteiger partial charge in [0.2, 0.25) is 5.43 Å². The van der Waals surface area contributed by atoms with Crippen LogP contribution in [0.3, 0.4) is 0 Å². The van der Waals surface area contributed by atoms with E-state index in [1.807, 2.05) is 0 Å². The Labute approximate surface area is 118 Å². The van der Waals surface area contributed by atoms with Gasteiger partial charge in [0.1, 0.15) is 12.0 Å². The Morgan fingerprint density at radius 3 is 2.90 bits per heavy atom. The van der Waals surface area contributed by atoms with Crippen LogP contribution >= 0.6 is 0 Å². The smallest absolute Gasteiger partial charge is 0.226 e. The van der Waals surface area contributed by atoms with Gasteiger partial charge in [0, 0.05) is 31.2 Å². The fourth-order valence-electron chi connectivity index (χ4n) is 3.55. The molecule has 2 aliphatic rings. The first-order chi connectivity index (χ1) is 9.70. The molecule has 0 radical (unpaired) electrons. The molecule has 3 rings (SSSR count). The molecular formula is C15H22N2O3. The fraction of sp³-hybridized carbons (Fsp3) is 0.667. The van der Waals surface area contributed by atoms with Gasteiger partial charge in [-0.3, -0.25) is 9.69 Å². The van der Waals surface area contributed by atoms with E-state index in [-0.39, 0.29) is 16.7 Å². The summed E-state index contributed by atoms with van der Waals surface area (Å²) in [6.07, 6.45) is 7.44. The monoisotopic (exact) mass is 278 g/mol. The van der Waals surface area contributed by atoms with E-state index in [0.717, 1.165) is 25.9 Å². The van der Waals surface area contributed by atoms with Crippen LogP contribution in [0.5, 0.6) is 5.75 Å². The van der Waals surface area contributed by atoms with Crippen molar-refractivity contribution < 1.29 is 9.52 Å². The molecule has 0 atom stereocenters. The van der Waals surface area contributed by atoms with Gasteiger partial charge in [-0.1, -0.05) is 19.3 Å². The minimum Gasteiger partial charge on any atom is -0.502 e. The van der Waals surface area contributed by atoms with Crippen molar-refractivity contribution in [1.29, 1.82) is 0 Å². The van der Waals surface area contributed by atoms with Gasteiger partial charge in [-0.2, -0.15) is 0 Å². The molecule has 5 nitrogen and oxygen atoms in total. The van der Waals surface area contributed by atoms with Crippen molar-refractivity contribution in [3.63, 3.8) is 0 Å². The molecule has 0 unspecified atom stereocenters. The number of nitrogens with one attached hydrogen (secondary N) is 1. The quantitative estimate of drug-likeness (QED) is 0.857. The van der Waals surface area contributed by atoms with Crippen molar-refractivity contribution in [2.24, 2.45) is 0 Å². The number of nitrogens with zero attached hydrogens (tertiary/aromatic N) is 1. The van der Waals surface area contributed by atoms with Crippen LogP contribution in [-0.2, 0) is 6.54 Å². The molecule has 1 aromatic rings. The zero-order chi connectivity index (χ0) is 14.0. The van der Waals surface area contributed by atoms with Gasteiger partial charge in [-0.25, -0.2) is 0 Å². The van der Waals surface area contributed by atoms with Crippen LogP contribution in [0.25, 0.3) is 0 Å². The van der Waals surface area contributed by atoms with Crippen LogP contribution in [0.1, 0.15) is 37.9 Å². The Balaban J connectivity index is 1.79. The van der Waals surface area contributed by atoms with E-state index < -0.39 is 0 Å². The molecule has 1 aliphatic carbocycles. The maximum Gasteiger partial charge on any atom is 0.226 e. The summed E-state index contributed by atoms with van der Waals surface area (Å²) in [5.74, 6) is 0.320. The van der Waals surface area contributed by atoms with Crippen LogP contribution in [0.15, 0.2) is 21.5 Å². The molecule has 2 N–H and O–H groups in total. The third-order valence-corrected chi connectivity index (χ3v) is 4.68. The largest absolute Gasteiger partial charge is 0.502 e. The molecule has 1 aromatic heterocycles. The van der Waals surface area contributed by atoms with Crippen molar-refractivity contribution in [3.8, 4) is 5.75 Å². The number of rotatable bonds is 2. The highest BCUT2D eigenvalue weighted by atomic mass is 16.4. The highest BCUT2D eigenvalue weighted by molar-refractivity contribution is 5.16. The Morgan fingerprint density at radius 1 is 1.35 bits per heavy atom. The summed E-state index contributed by atoms with van der Waals surface area (Å²) in [4.78, 5) is 14.0. The lowest BCUT2D eigenvalue weighted by Gasteiger charge is -2.49. The molecule has 1 saturated heterocycles. The van der Waals surface area contributed by atoms with E-state index in [0.29, 0.717) is 12.3 Å². The Bertz CT molecular complexity index is 512. The van der Waals surface area contributed by atoms with E-state index in [4.69, 9.17) is 4.42 Å². The summed E-state index contributed by atoms with van der Waals surface area (Å²) in [5, 5.41) is 12.8. The van der Waals surface area contributed by atoms with Crippen LogP contribution < -0.4 is 10.7 Å². The van der Waals surface area contributed by atoms with E-state index >= 15 is 0 Å². The first-order valence-electron chi connectivity index (χ1n) is 7.46. The van der Waals surface area contributed by atoms with Gasteiger partial charge in [0.25, 0.3) is 0 Å². The third-order valence-electron chi connectivity index (χ3n) is 4.68. The summed E-state index contributed by atoms with van der Waals surface area (Å²) in [6, 6.07) is 1.41. The second kappa shape index (κ2) is 5.58. The summed E-state index contributed by atoms with van der Waals surface area (Å²) < 4.78 is 5.36. The molecule has 1 saturated carbocycles. The molecule has 1 spiro atoms. The molecule has 1 aliphatic heterocycles. The lowest BCUT2D eigenvalue weighted by atomic mass is 9.79. The normalized spacial score (nSPS) is 23.0. The highest BCUT2D eigenvalue weighted by Crippen LogP contribution is 2.35. The van der Waals surface area contributed by atoms with Gasteiger partial charge >= 0.3 is 0 Å². The Hall–Kier alpha value is -1.33. The minimum absolute atomic E-state index is 0.215. The van der Waals surface area contributed by atoms with Gasteiger partial charge in [0.05, 0.1) is 6.54 Å². The molecule has 0 amide bonds. The Morgan fingerprint density at radius 2 is 2.15 bits per heavy atom. The SMILES string of the molecule is O=c1cc(CN2CCNCC23CCCCC3)occ1O. The average Bonchev–Trinajstić information content (AvgIpc) is 2.47. The number of piperazine rings is 1. The minimum atomic E-state index is -0.362. The van der Waals surface area contributed by atoms with Gasteiger partial charge in [0.15, 0.2) is 5.75 Å². The first-order valence-corrected chi connectivity index (χ1v) is 7.46. The topological polar surface area (TPSA) is 65.7 Å². The van der Waals surface area contributed by atoms with Gasteiger partial charge < -0.3 is 14.8 Å². The first kappa shape index (κ1) is 13.6. The fourth-order valence-corrected chi connectivity index (χ4v) is 3.55. The van der Waals surface area contributed by atoms with E-state index in [1.54, 1.807) is 0 Å². The van der Waals surface area contributed by atoms with Crippen molar-refractivity contribution >= 4 is 0 Å². The van der Waals surface area contributed by atoms with Crippen molar-refractivity contribution in [1.82, 2.24) is 10.2 Å². The number of hydrogen-bond donors (Lipinski definition) is 2. The average molecular weight is 278 g/mol. The lowest BCUT2D eigenvalue weighted by molar-refractivity contribution is 0.0156. The number of aromatic hydroxyl groups is 1. The van der Waals surface area contributed by atoms with Crippen LogP contribution in [-0.4, -0.2) is 35.2 Å². The second-order valence-electron chi connectivity index (χ2n) is 5.98. The standard InChI is InChI=1S/C15H22N2O3/c18-13-8-12(20-10-14(13)19)9-17-7-6-16-11-15(17)4-2-1-3-5-15/h8,10,16,19H,1-7,9,11H2. The highest BCUT2D eigenvalue weighted by Gasteiger charge is 2.39. The van der Waals surface area contributed by atoms with Crippen LogP contribution in [0.4, 0.5) is 0 Å². The molecule has 0 bridgehead atoms. The molecular weight excluding hydrogens is 256 g/mol. The number of hydrogen-bond acceptors (Lipinski definition) is 5. The summed E-state index contributed by atoms with van der Waals surface area (Å²) in [5.41, 5.74) is -0.147. The predicted molar refractivity (Wildman–Crippen MR) is 75.7 cm³/mol.